The standard InChI is InChI=1S/C16H16ClNO2/c1-11-5-6-13(10-14(11)17)7-8-16(19)18-12(2)15-4-3-9-20-15/h3-10,12H,1-2H3,(H,18,19)/b8-7+/t12-/m1/s1. The largest absolute Gasteiger partial charge is 0.467 e. The van der Waals surface area contributed by atoms with Crippen molar-refractivity contribution in [1.29, 1.82) is 0 Å². The van der Waals surface area contributed by atoms with Crippen molar-refractivity contribution in [2.75, 3.05) is 0 Å². The van der Waals surface area contributed by atoms with Gasteiger partial charge in [0.2, 0.25) is 5.91 Å². The van der Waals surface area contributed by atoms with Gasteiger partial charge < -0.3 is 9.73 Å². The van der Waals surface area contributed by atoms with Crippen molar-refractivity contribution in [1.82, 2.24) is 5.32 Å². The first-order chi connectivity index (χ1) is 9.56. The van der Waals surface area contributed by atoms with E-state index in [1.807, 2.05) is 38.1 Å². The summed E-state index contributed by atoms with van der Waals surface area (Å²) in [6.45, 7) is 3.81. The minimum Gasteiger partial charge on any atom is -0.467 e. The van der Waals surface area contributed by atoms with Gasteiger partial charge in [0.25, 0.3) is 0 Å². The van der Waals surface area contributed by atoms with Crippen molar-refractivity contribution in [3.63, 3.8) is 0 Å². The Labute approximate surface area is 123 Å². The van der Waals surface area contributed by atoms with Crippen molar-refractivity contribution < 1.29 is 9.21 Å². The molecule has 1 aromatic carbocycles. The predicted molar refractivity (Wildman–Crippen MR) is 80.5 cm³/mol. The van der Waals surface area contributed by atoms with Crippen LogP contribution in [0.25, 0.3) is 6.08 Å². The fourth-order valence-corrected chi connectivity index (χ4v) is 1.94. The predicted octanol–water partition coefficient (Wildman–Crippen LogP) is 4.13. The SMILES string of the molecule is Cc1ccc(/C=C/C(=O)N[C@H](C)c2ccco2)cc1Cl. The maximum Gasteiger partial charge on any atom is 0.244 e. The third-order valence-corrected chi connectivity index (χ3v) is 3.36. The van der Waals surface area contributed by atoms with Crippen LogP contribution in [0.2, 0.25) is 5.02 Å². The van der Waals surface area contributed by atoms with Crippen LogP contribution in [0.5, 0.6) is 0 Å². The highest BCUT2D eigenvalue weighted by Gasteiger charge is 2.09. The van der Waals surface area contributed by atoms with Gasteiger partial charge in [-0.05, 0) is 49.2 Å². The molecule has 0 radical (unpaired) electrons. The average Bonchev–Trinajstić information content (AvgIpc) is 2.94. The lowest BCUT2D eigenvalue weighted by Crippen LogP contribution is -2.24. The zero-order valence-electron chi connectivity index (χ0n) is 11.4. The van der Waals surface area contributed by atoms with Crippen LogP contribution in [0.4, 0.5) is 0 Å². The molecule has 0 aliphatic carbocycles. The Balaban J connectivity index is 1.97. The van der Waals surface area contributed by atoms with E-state index in [1.54, 1.807) is 18.4 Å². The molecule has 0 spiro atoms. The second kappa shape index (κ2) is 6.44. The molecule has 0 unspecified atom stereocenters. The van der Waals surface area contributed by atoms with E-state index in [0.29, 0.717) is 5.02 Å². The average molecular weight is 290 g/mol. The normalized spacial score (nSPS) is 12.6. The van der Waals surface area contributed by atoms with Crippen LogP contribution in [-0.4, -0.2) is 5.91 Å². The number of carbonyl (C=O) groups is 1. The molecule has 0 aliphatic heterocycles. The molecule has 2 aromatic rings. The highest BCUT2D eigenvalue weighted by molar-refractivity contribution is 6.31. The summed E-state index contributed by atoms with van der Waals surface area (Å²) in [4.78, 5) is 11.8. The molecule has 1 N–H and O–H groups in total. The van der Waals surface area contributed by atoms with Crippen LogP contribution >= 0.6 is 11.6 Å². The smallest absolute Gasteiger partial charge is 0.244 e. The Morgan fingerprint density at radius 2 is 2.20 bits per heavy atom. The molecule has 1 amide bonds. The molecule has 2 rings (SSSR count). The van der Waals surface area contributed by atoms with E-state index in [2.05, 4.69) is 5.32 Å². The number of hydrogen-bond acceptors (Lipinski definition) is 2. The van der Waals surface area contributed by atoms with Crippen LogP contribution in [-0.2, 0) is 4.79 Å². The first-order valence-electron chi connectivity index (χ1n) is 6.34. The zero-order valence-corrected chi connectivity index (χ0v) is 12.1. The quantitative estimate of drug-likeness (QED) is 0.860. The van der Waals surface area contributed by atoms with Gasteiger partial charge in [-0.3, -0.25) is 4.79 Å². The molecule has 104 valence electrons. The van der Waals surface area contributed by atoms with E-state index in [4.69, 9.17) is 16.0 Å². The van der Waals surface area contributed by atoms with Gasteiger partial charge in [-0.15, -0.1) is 0 Å². The second-order valence-electron chi connectivity index (χ2n) is 4.59. The van der Waals surface area contributed by atoms with Crippen LogP contribution in [0.1, 0.15) is 29.9 Å². The van der Waals surface area contributed by atoms with E-state index in [1.165, 1.54) is 6.08 Å². The van der Waals surface area contributed by atoms with Gasteiger partial charge in [-0.1, -0.05) is 23.7 Å². The summed E-state index contributed by atoms with van der Waals surface area (Å²) in [5.41, 5.74) is 1.90. The lowest BCUT2D eigenvalue weighted by Gasteiger charge is -2.09. The van der Waals surface area contributed by atoms with Crippen LogP contribution in [0, 0.1) is 6.92 Å². The maximum atomic E-state index is 11.8. The number of halogens is 1. The molecule has 0 bridgehead atoms. The third-order valence-electron chi connectivity index (χ3n) is 2.95. The van der Waals surface area contributed by atoms with E-state index in [9.17, 15) is 4.79 Å². The zero-order chi connectivity index (χ0) is 14.5. The highest BCUT2D eigenvalue weighted by atomic mass is 35.5. The van der Waals surface area contributed by atoms with E-state index < -0.39 is 0 Å². The molecule has 0 saturated carbocycles. The second-order valence-corrected chi connectivity index (χ2v) is 4.99. The number of furan rings is 1. The fraction of sp³-hybridized carbons (Fsp3) is 0.188. The van der Waals surface area contributed by atoms with Gasteiger partial charge in [-0.25, -0.2) is 0 Å². The number of amides is 1. The Kier molecular flexibility index (Phi) is 4.64. The maximum absolute atomic E-state index is 11.8. The molecule has 0 saturated heterocycles. The van der Waals surface area contributed by atoms with Gasteiger partial charge >= 0.3 is 0 Å². The van der Waals surface area contributed by atoms with Gasteiger partial charge in [0, 0.05) is 11.1 Å². The molecule has 0 aliphatic rings. The van der Waals surface area contributed by atoms with Crippen LogP contribution in [0.15, 0.2) is 47.1 Å². The topological polar surface area (TPSA) is 42.2 Å². The van der Waals surface area contributed by atoms with E-state index >= 15 is 0 Å². The van der Waals surface area contributed by atoms with Crippen LogP contribution in [0.3, 0.4) is 0 Å². The first-order valence-corrected chi connectivity index (χ1v) is 6.72. The molecule has 1 atom stereocenters. The molecule has 1 heterocycles. The van der Waals surface area contributed by atoms with Crippen molar-refractivity contribution in [2.24, 2.45) is 0 Å². The number of benzene rings is 1. The fourth-order valence-electron chi connectivity index (χ4n) is 1.75. The minimum absolute atomic E-state index is 0.163. The number of hydrogen-bond donors (Lipinski definition) is 1. The molecule has 4 heteroatoms. The van der Waals surface area contributed by atoms with E-state index in [-0.39, 0.29) is 11.9 Å². The Morgan fingerprint density at radius 3 is 2.85 bits per heavy atom. The molecule has 1 aromatic heterocycles. The number of nitrogens with one attached hydrogen (secondary N) is 1. The number of aryl methyl sites for hydroxylation is 1. The summed E-state index contributed by atoms with van der Waals surface area (Å²) in [5, 5.41) is 3.52. The van der Waals surface area contributed by atoms with E-state index in [0.717, 1.165) is 16.9 Å². The third kappa shape index (κ3) is 3.75. The van der Waals surface area contributed by atoms with Crippen LogP contribution < -0.4 is 5.32 Å². The summed E-state index contributed by atoms with van der Waals surface area (Å²) >= 11 is 6.03. The summed E-state index contributed by atoms with van der Waals surface area (Å²) in [5.74, 6) is 0.552. The summed E-state index contributed by atoms with van der Waals surface area (Å²) in [6.07, 6.45) is 4.80. The molecule has 20 heavy (non-hydrogen) atoms. The molecule has 3 nitrogen and oxygen atoms in total. The van der Waals surface area contributed by atoms with Gasteiger partial charge in [0.15, 0.2) is 0 Å². The molecular formula is C16H16ClNO2. The molecular weight excluding hydrogens is 274 g/mol. The molecule has 0 fully saturated rings. The first kappa shape index (κ1) is 14.4. The van der Waals surface area contributed by atoms with Crippen molar-refractivity contribution in [3.8, 4) is 0 Å². The number of carbonyl (C=O) groups excluding carboxylic acids is 1. The van der Waals surface area contributed by atoms with Gasteiger partial charge in [0.1, 0.15) is 5.76 Å². The highest BCUT2D eigenvalue weighted by Crippen LogP contribution is 2.17. The Bertz CT molecular complexity index is 617. The minimum atomic E-state index is -0.175. The van der Waals surface area contributed by atoms with Gasteiger partial charge in [-0.2, -0.15) is 0 Å². The number of rotatable bonds is 4. The summed E-state index contributed by atoms with van der Waals surface area (Å²) in [7, 11) is 0. The Morgan fingerprint density at radius 1 is 1.40 bits per heavy atom. The van der Waals surface area contributed by atoms with Crippen molar-refractivity contribution in [3.05, 3.63) is 64.6 Å². The lowest BCUT2D eigenvalue weighted by atomic mass is 10.1. The summed E-state index contributed by atoms with van der Waals surface area (Å²) in [6, 6.07) is 9.13. The van der Waals surface area contributed by atoms with Crippen molar-refractivity contribution in [2.45, 2.75) is 19.9 Å². The monoisotopic (exact) mass is 289 g/mol. The Hall–Kier alpha value is -2.00. The van der Waals surface area contributed by atoms with Crippen molar-refractivity contribution >= 4 is 23.6 Å². The van der Waals surface area contributed by atoms with Gasteiger partial charge in [0.05, 0.1) is 12.3 Å². The lowest BCUT2D eigenvalue weighted by molar-refractivity contribution is -0.117. The summed E-state index contributed by atoms with van der Waals surface area (Å²) < 4.78 is 5.23.